The number of aromatic nitrogens is 1. The van der Waals surface area contributed by atoms with Gasteiger partial charge >= 0.3 is 0 Å². The molecule has 0 spiro atoms. The van der Waals surface area contributed by atoms with Gasteiger partial charge in [-0.2, -0.15) is 0 Å². The highest BCUT2D eigenvalue weighted by Gasteiger charge is 2.09. The highest BCUT2D eigenvalue weighted by Crippen LogP contribution is 2.28. The third kappa shape index (κ3) is 4.45. The average Bonchev–Trinajstić information content (AvgIpc) is 2.86. The third-order valence-corrected chi connectivity index (χ3v) is 4.67. The van der Waals surface area contributed by atoms with Crippen LogP contribution in [0.5, 0.6) is 0 Å². The molecule has 0 saturated heterocycles. The van der Waals surface area contributed by atoms with Crippen molar-refractivity contribution in [3.8, 4) is 0 Å². The summed E-state index contributed by atoms with van der Waals surface area (Å²) >= 11 is 2.98. The van der Waals surface area contributed by atoms with Gasteiger partial charge in [0.15, 0.2) is 4.34 Å². The van der Waals surface area contributed by atoms with Crippen molar-refractivity contribution in [1.82, 2.24) is 10.3 Å². The van der Waals surface area contributed by atoms with Crippen LogP contribution in [0.25, 0.3) is 10.2 Å². The average molecular weight is 312 g/mol. The fourth-order valence-electron chi connectivity index (χ4n) is 1.57. The van der Waals surface area contributed by atoms with Gasteiger partial charge in [0.2, 0.25) is 5.91 Å². The van der Waals surface area contributed by atoms with E-state index in [4.69, 9.17) is 4.74 Å². The number of nitrogens with zero attached hydrogens (tertiary/aromatic N) is 1. The molecule has 2 rings (SSSR count). The maximum absolute atomic E-state index is 11.6. The number of nitrogens with one attached hydrogen (secondary N) is 1. The highest BCUT2D eigenvalue weighted by molar-refractivity contribution is 8.01. The maximum Gasteiger partial charge on any atom is 0.230 e. The SMILES string of the molecule is COCC(O)CNC(=O)CSc1nc2ccccc2s1. The van der Waals surface area contributed by atoms with Crippen molar-refractivity contribution in [3.63, 3.8) is 0 Å². The summed E-state index contributed by atoms with van der Waals surface area (Å²) in [6.07, 6.45) is -0.670. The van der Waals surface area contributed by atoms with Gasteiger partial charge in [0.1, 0.15) is 0 Å². The number of hydrogen-bond acceptors (Lipinski definition) is 6. The molecule has 1 aromatic carbocycles. The highest BCUT2D eigenvalue weighted by atomic mass is 32.2. The molecule has 1 heterocycles. The van der Waals surface area contributed by atoms with Crippen LogP contribution in [0.2, 0.25) is 0 Å². The van der Waals surface area contributed by atoms with Crippen LogP contribution in [0.1, 0.15) is 0 Å². The van der Waals surface area contributed by atoms with E-state index in [0.717, 1.165) is 14.6 Å². The molecule has 1 amide bonds. The molecule has 2 aromatic rings. The Bertz CT molecular complexity index is 540. The van der Waals surface area contributed by atoms with Crippen LogP contribution in [-0.4, -0.2) is 48.1 Å². The first-order chi connectivity index (χ1) is 9.69. The van der Waals surface area contributed by atoms with E-state index < -0.39 is 6.10 Å². The molecule has 20 heavy (non-hydrogen) atoms. The monoisotopic (exact) mass is 312 g/mol. The summed E-state index contributed by atoms with van der Waals surface area (Å²) < 4.78 is 6.77. The number of hydrogen-bond donors (Lipinski definition) is 2. The van der Waals surface area contributed by atoms with Crippen LogP contribution in [-0.2, 0) is 9.53 Å². The summed E-state index contributed by atoms with van der Waals surface area (Å²) in [6, 6.07) is 7.88. The Morgan fingerprint density at radius 1 is 1.55 bits per heavy atom. The van der Waals surface area contributed by atoms with Gasteiger partial charge < -0.3 is 15.2 Å². The summed E-state index contributed by atoms with van der Waals surface area (Å²) in [6.45, 7) is 0.415. The van der Waals surface area contributed by atoms with Gasteiger partial charge in [-0.25, -0.2) is 4.98 Å². The fourth-order valence-corrected chi connectivity index (χ4v) is 3.47. The summed E-state index contributed by atoms with van der Waals surface area (Å²) in [5.41, 5.74) is 0.955. The van der Waals surface area contributed by atoms with Crippen LogP contribution < -0.4 is 5.32 Å². The number of rotatable bonds is 7. The maximum atomic E-state index is 11.6. The number of fused-ring (bicyclic) bond motifs is 1. The standard InChI is InChI=1S/C13H16N2O3S2/c1-18-7-9(16)6-14-12(17)8-19-13-15-10-4-2-3-5-11(10)20-13/h2-5,9,16H,6-8H2,1H3,(H,14,17). The molecule has 5 nitrogen and oxygen atoms in total. The predicted octanol–water partition coefficient (Wildman–Crippen LogP) is 1.51. The molecule has 0 aliphatic rings. The second-order valence-electron chi connectivity index (χ2n) is 4.15. The molecule has 0 bridgehead atoms. The number of carbonyl (C=O) groups is 1. The van der Waals surface area contributed by atoms with Crippen molar-refractivity contribution in [1.29, 1.82) is 0 Å². The van der Waals surface area contributed by atoms with Crippen molar-refractivity contribution in [2.45, 2.75) is 10.4 Å². The molecule has 1 aromatic heterocycles. The molecule has 1 atom stereocenters. The van der Waals surface area contributed by atoms with Crippen molar-refractivity contribution in [2.75, 3.05) is 26.0 Å². The molecule has 0 aliphatic carbocycles. The van der Waals surface area contributed by atoms with E-state index in [1.165, 1.54) is 18.9 Å². The number of aliphatic hydroxyl groups is 1. The lowest BCUT2D eigenvalue weighted by atomic mass is 10.3. The number of amides is 1. The second kappa shape index (κ2) is 7.58. The summed E-state index contributed by atoms with van der Waals surface area (Å²) in [7, 11) is 1.51. The largest absolute Gasteiger partial charge is 0.389 e. The van der Waals surface area contributed by atoms with Gasteiger partial charge in [0, 0.05) is 13.7 Å². The van der Waals surface area contributed by atoms with Gasteiger partial charge in [0.25, 0.3) is 0 Å². The number of ether oxygens (including phenoxy) is 1. The number of carbonyl (C=O) groups excluding carboxylic acids is 1. The third-order valence-electron chi connectivity index (χ3n) is 2.49. The molecule has 1 unspecified atom stereocenters. The van der Waals surface area contributed by atoms with E-state index in [1.54, 1.807) is 11.3 Å². The number of thiazole rings is 1. The van der Waals surface area contributed by atoms with Gasteiger partial charge in [-0.1, -0.05) is 23.9 Å². The molecule has 7 heteroatoms. The summed E-state index contributed by atoms with van der Waals surface area (Å²) in [5, 5.41) is 12.1. The topological polar surface area (TPSA) is 71.5 Å². The zero-order valence-electron chi connectivity index (χ0n) is 11.0. The van der Waals surface area contributed by atoms with Gasteiger partial charge in [-0.15, -0.1) is 11.3 Å². The minimum absolute atomic E-state index is 0.121. The fraction of sp³-hybridized carbons (Fsp3) is 0.385. The number of aliphatic hydroxyl groups excluding tert-OH is 1. The molecular weight excluding hydrogens is 296 g/mol. The molecule has 0 radical (unpaired) electrons. The number of benzene rings is 1. The van der Waals surface area contributed by atoms with Gasteiger partial charge in [-0.05, 0) is 12.1 Å². The lowest BCUT2D eigenvalue weighted by Crippen LogP contribution is -2.35. The van der Waals surface area contributed by atoms with E-state index >= 15 is 0 Å². The van der Waals surface area contributed by atoms with Crippen LogP contribution in [0.4, 0.5) is 0 Å². The molecule has 108 valence electrons. The first-order valence-corrected chi connectivity index (χ1v) is 7.91. The molecule has 0 saturated carbocycles. The van der Waals surface area contributed by atoms with E-state index in [9.17, 15) is 9.90 Å². The predicted molar refractivity (Wildman–Crippen MR) is 81.2 cm³/mol. The van der Waals surface area contributed by atoms with Crippen molar-refractivity contribution >= 4 is 39.2 Å². The van der Waals surface area contributed by atoms with E-state index in [2.05, 4.69) is 10.3 Å². The van der Waals surface area contributed by atoms with Crippen LogP contribution >= 0.6 is 23.1 Å². The summed E-state index contributed by atoms with van der Waals surface area (Å²) in [4.78, 5) is 16.1. The second-order valence-corrected chi connectivity index (χ2v) is 6.40. The Morgan fingerprint density at radius 3 is 3.10 bits per heavy atom. The Hall–Kier alpha value is -1.15. The van der Waals surface area contributed by atoms with Gasteiger partial charge in [-0.3, -0.25) is 4.79 Å². The molecule has 2 N–H and O–H groups in total. The van der Waals surface area contributed by atoms with Crippen LogP contribution in [0.3, 0.4) is 0 Å². The Labute approximate surface area is 125 Å². The van der Waals surface area contributed by atoms with Crippen molar-refractivity contribution in [2.24, 2.45) is 0 Å². The normalized spacial score (nSPS) is 12.5. The first-order valence-electron chi connectivity index (χ1n) is 6.11. The van der Waals surface area contributed by atoms with Crippen molar-refractivity contribution < 1.29 is 14.6 Å². The Balaban J connectivity index is 1.78. The molecule has 0 aliphatic heterocycles. The molecule has 0 fully saturated rings. The summed E-state index contributed by atoms with van der Waals surface area (Å²) in [5.74, 6) is 0.170. The van der Waals surface area contributed by atoms with Crippen molar-refractivity contribution in [3.05, 3.63) is 24.3 Å². The smallest absolute Gasteiger partial charge is 0.230 e. The zero-order chi connectivity index (χ0) is 14.4. The van der Waals surface area contributed by atoms with E-state index in [1.807, 2.05) is 24.3 Å². The number of para-hydroxylation sites is 1. The van der Waals surface area contributed by atoms with Gasteiger partial charge in [0.05, 0.1) is 28.7 Å². The van der Waals surface area contributed by atoms with Crippen LogP contribution in [0, 0.1) is 0 Å². The minimum Gasteiger partial charge on any atom is -0.389 e. The lowest BCUT2D eigenvalue weighted by molar-refractivity contribution is -0.119. The lowest BCUT2D eigenvalue weighted by Gasteiger charge is -2.10. The number of thioether (sulfide) groups is 1. The molecular formula is C13H16N2O3S2. The first kappa shape index (κ1) is 15.2. The van der Waals surface area contributed by atoms with E-state index in [0.29, 0.717) is 5.75 Å². The van der Waals surface area contributed by atoms with Crippen LogP contribution in [0.15, 0.2) is 28.6 Å². The Morgan fingerprint density at radius 2 is 2.35 bits per heavy atom. The quantitative estimate of drug-likeness (QED) is 0.758. The minimum atomic E-state index is -0.670. The van der Waals surface area contributed by atoms with E-state index in [-0.39, 0.29) is 19.1 Å². The Kier molecular flexibility index (Phi) is 5.78. The zero-order valence-corrected chi connectivity index (χ0v) is 12.7. The number of methoxy groups -OCH3 is 1.